The number of phosphoric ester groups is 1. The molecule has 0 aromatic carbocycles. The molecule has 0 fully saturated rings. The van der Waals surface area contributed by atoms with Crippen LogP contribution in [0.3, 0.4) is 0 Å². The first kappa shape index (κ1) is 55.0. The molecule has 0 aromatic rings. The maximum absolute atomic E-state index is 12.9. The zero-order valence-electron chi connectivity index (χ0n) is 37.6. The van der Waals surface area contributed by atoms with Gasteiger partial charge in [0.25, 0.3) is 7.82 Å². The number of likely N-dealkylation sites (N-methyl/N-ethyl adjacent to an activating group) is 1. The van der Waals surface area contributed by atoms with Crippen LogP contribution >= 0.6 is 7.82 Å². The normalized spacial score (nSPS) is 14.5. The molecule has 0 heterocycles. The van der Waals surface area contributed by atoms with Crippen molar-refractivity contribution in [2.45, 2.75) is 231 Å². The van der Waals surface area contributed by atoms with Crippen LogP contribution in [0.5, 0.6) is 0 Å². The molecule has 0 aliphatic carbocycles. The summed E-state index contributed by atoms with van der Waals surface area (Å²) in [6.07, 6.45) is 46.0. The molecule has 9 heteroatoms. The lowest BCUT2D eigenvalue weighted by atomic mass is 10.0. The number of carbonyl (C=O) groups excluding carboxylic acids is 1. The molecule has 0 aromatic heterocycles. The van der Waals surface area contributed by atoms with Crippen molar-refractivity contribution in [3.05, 3.63) is 24.3 Å². The maximum atomic E-state index is 12.9. The molecule has 56 heavy (non-hydrogen) atoms. The van der Waals surface area contributed by atoms with Gasteiger partial charge in [-0.15, -0.1) is 0 Å². The third kappa shape index (κ3) is 41.2. The van der Waals surface area contributed by atoms with Gasteiger partial charge in [-0.3, -0.25) is 9.36 Å². The molecule has 0 radical (unpaired) electrons. The number of amides is 1. The van der Waals surface area contributed by atoms with Crippen LogP contribution < -0.4 is 10.2 Å². The zero-order valence-corrected chi connectivity index (χ0v) is 38.5. The number of nitrogens with one attached hydrogen (secondary N) is 1. The summed E-state index contributed by atoms with van der Waals surface area (Å²) in [4.78, 5) is 25.4. The number of unbranched alkanes of at least 4 members (excludes halogenated alkanes) is 26. The molecular weight excluding hydrogens is 719 g/mol. The third-order valence-corrected chi connectivity index (χ3v) is 11.7. The highest BCUT2D eigenvalue weighted by molar-refractivity contribution is 7.45. The van der Waals surface area contributed by atoms with Crippen LogP contribution in [0.2, 0.25) is 0 Å². The molecule has 0 aliphatic rings. The number of aliphatic hydroxyl groups excluding tert-OH is 1. The predicted octanol–water partition coefficient (Wildman–Crippen LogP) is 12.7. The Morgan fingerprint density at radius 2 is 1.04 bits per heavy atom. The van der Waals surface area contributed by atoms with E-state index in [1.54, 1.807) is 0 Å². The summed E-state index contributed by atoms with van der Waals surface area (Å²) in [6.45, 7) is 4.70. The smallest absolute Gasteiger partial charge is 0.268 e. The first-order valence-corrected chi connectivity index (χ1v) is 25.1. The van der Waals surface area contributed by atoms with Crippen molar-refractivity contribution >= 4 is 13.7 Å². The summed E-state index contributed by atoms with van der Waals surface area (Å²) >= 11 is 0. The van der Waals surface area contributed by atoms with Gasteiger partial charge >= 0.3 is 0 Å². The second-order valence-corrected chi connectivity index (χ2v) is 18.9. The number of aliphatic hydroxyl groups is 1. The molecule has 2 N–H and O–H groups in total. The number of phosphoric acid groups is 1. The Morgan fingerprint density at radius 3 is 1.52 bits per heavy atom. The fourth-order valence-corrected chi connectivity index (χ4v) is 7.62. The van der Waals surface area contributed by atoms with E-state index in [0.717, 1.165) is 51.4 Å². The third-order valence-electron chi connectivity index (χ3n) is 10.7. The number of hydrogen-bond acceptors (Lipinski definition) is 6. The van der Waals surface area contributed by atoms with E-state index in [1.807, 2.05) is 21.1 Å². The lowest BCUT2D eigenvalue weighted by Crippen LogP contribution is -2.46. The van der Waals surface area contributed by atoms with E-state index < -0.39 is 20.0 Å². The molecule has 3 unspecified atom stereocenters. The molecule has 0 saturated carbocycles. The van der Waals surface area contributed by atoms with Crippen LogP contribution in [0.25, 0.3) is 0 Å². The Balaban J connectivity index is 4.33. The molecule has 0 bridgehead atoms. The summed E-state index contributed by atoms with van der Waals surface area (Å²) < 4.78 is 23.3. The van der Waals surface area contributed by atoms with Crippen LogP contribution in [0.15, 0.2) is 24.3 Å². The van der Waals surface area contributed by atoms with Crippen molar-refractivity contribution in [1.82, 2.24) is 5.32 Å². The SMILES string of the molecule is CCCCC/C=C\C/C=C\CCCCCCCCCC(=O)NC(COP(=O)([O-])OCC[N+](C)(C)C)C(O)CCCCCCCCCCCCCCCCCCC. The fraction of sp³-hybridized carbons (Fsp3) is 0.894. The molecule has 1 amide bonds. The molecule has 0 aliphatic heterocycles. The molecule has 8 nitrogen and oxygen atoms in total. The molecule has 0 spiro atoms. The Hall–Kier alpha value is -1.02. The van der Waals surface area contributed by atoms with Gasteiger partial charge < -0.3 is 28.8 Å². The van der Waals surface area contributed by atoms with E-state index in [2.05, 4.69) is 43.5 Å². The minimum atomic E-state index is -4.57. The quantitative estimate of drug-likeness (QED) is 0.0275. The van der Waals surface area contributed by atoms with Crippen LogP contribution in [0.1, 0.15) is 219 Å². The minimum Gasteiger partial charge on any atom is -0.756 e. The predicted molar refractivity (Wildman–Crippen MR) is 238 cm³/mol. The van der Waals surface area contributed by atoms with Gasteiger partial charge in [0.1, 0.15) is 13.2 Å². The Labute approximate surface area is 347 Å². The monoisotopic (exact) mass is 813 g/mol. The van der Waals surface area contributed by atoms with Gasteiger partial charge in [0.05, 0.1) is 39.9 Å². The van der Waals surface area contributed by atoms with Gasteiger partial charge in [-0.2, -0.15) is 0 Å². The van der Waals surface area contributed by atoms with Crippen molar-refractivity contribution in [3.8, 4) is 0 Å². The Bertz CT molecular complexity index is 969. The first-order chi connectivity index (χ1) is 27.0. The topological polar surface area (TPSA) is 108 Å². The van der Waals surface area contributed by atoms with Crippen LogP contribution in [0.4, 0.5) is 0 Å². The van der Waals surface area contributed by atoms with Gasteiger partial charge in [-0.05, 0) is 44.9 Å². The number of carbonyl (C=O) groups is 1. The average Bonchev–Trinajstić information content (AvgIpc) is 3.15. The number of quaternary nitrogens is 1. The lowest BCUT2D eigenvalue weighted by molar-refractivity contribution is -0.870. The molecular formula is C47H93N2O6P. The summed E-state index contributed by atoms with van der Waals surface area (Å²) in [5, 5.41) is 13.9. The van der Waals surface area contributed by atoms with E-state index in [9.17, 15) is 19.4 Å². The highest BCUT2D eigenvalue weighted by atomic mass is 31.2. The Morgan fingerprint density at radius 1 is 0.625 bits per heavy atom. The molecule has 3 atom stereocenters. The second-order valence-electron chi connectivity index (χ2n) is 17.5. The van der Waals surface area contributed by atoms with Gasteiger partial charge in [0.15, 0.2) is 0 Å². The standard InChI is InChI=1S/C47H93N2O6P/c1-6-8-10-12-14-16-18-20-22-24-26-28-30-32-34-36-38-40-46(50)45(44-55-56(52,53)54-43-42-49(3,4)5)48-47(51)41-39-37-35-33-31-29-27-25-23-21-19-17-15-13-11-9-7-2/h15,17,21,23,45-46,50H,6-14,16,18-20,22,24-44H2,1-5H3,(H-,48,51,52,53)/b17-15-,23-21-. The zero-order chi connectivity index (χ0) is 41.4. The highest BCUT2D eigenvalue weighted by Crippen LogP contribution is 2.38. The summed E-state index contributed by atoms with van der Waals surface area (Å²) in [5.41, 5.74) is 0. The van der Waals surface area contributed by atoms with Crippen LogP contribution in [0, 0.1) is 0 Å². The number of allylic oxidation sites excluding steroid dienone is 4. The van der Waals surface area contributed by atoms with Gasteiger partial charge in [-0.25, -0.2) is 0 Å². The second kappa shape index (κ2) is 39.4. The van der Waals surface area contributed by atoms with Gasteiger partial charge in [0.2, 0.25) is 5.91 Å². The van der Waals surface area contributed by atoms with Gasteiger partial charge in [-0.1, -0.05) is 192 Å². The van der Waals surface area contributed by atoms with E-state index in [4.69, 9.17) is 9.05 Å². The van der Waals surface area contributed by atoms with E-state index in [0.29, 0.717) is 23.9 Å². The highest BCUT2D eigenvalue weighted by Gasteiger charge is 2.24. The molecule has 0 rings (SSSR count). The average molecular weight is 813 g/mol. The van der Waals surface area contributed by atoms with E-state index in [-0.39, 0.29) is 19.1 Å². The van der Waals surface area contributed by atoms with E-state index >= 15 is 0 Å². The molecule has 0 saturated heterocycles. The number of nitrogens with zero attached hydrogens (tertiary/aromatic N) is 1. The summed E-state index contributed by atoms with van der Waals surface area (Å²) in [5.74, 6) is -0.172. The number of hydrogen-bond donors (Lipinski definition) is 2. The minimum absolute atomic E-state index is 0.0112. The summed E-state index contributed by atoms with van der Waals surface area (Å²) in [6, 6.07) is -0.802. The van der Waals surface area contributed by atoms with Gasteiger partial charge in [0, 0.05) is 6.42 Å². The molecule has 332 valence electrons. The number of rotatable bonds is 43. The summed E-state index contributed by atoms with van der Waals surface area (Å²) in [7, 11) is 1.30. The van der Waals surface area contributed by atoms with Crippen LogP contribution in [-0.4, -0.2) is 68.5 Å². The largest absolute Gasteiger partial charge is 0.756 e. The van der Waals surface area contributed by atoms with Crippen molar-refractivity contribution in [3.63, 3.8) is 0 Å². The lowest BCUT2D eigenvalue weighted by Gasteiger charge is -2.30. The van der Waals surface area contributed by atoms with Crippen molar-refractivity contribution in [2.24, 2.45) is 0 Å². The van der Waals surface area contributed by atoms with Crippen molar-refractivity contribution in [2.75, 3.05) is 40.9 Å². The van der Waals surface area contributed by atoms with Crippen molar-refractivity contribution in [1.29, 1.82) is 0 Å². The first-order valence-electron chi connectivity index (χ1n) is 23.7. The Kier molecular flexibility index (Phi) is 38.7. The van der Waals surface area contributed by atoms with Crippen LogP contribution in [-0.2, 0) is 18.4 Å². The van der Waals surface area contributed by atoms with E-state index in [1.165, 1.54) is 141 Å². The maximum Gasteiger partial charge on any atom is 0.268 e. The van der Waals surface area contributed by atoms with Crippen molar-refractivity contribution < 1.29 is 32.9 Å². The fourth-order valence-electron chi connectivity index (χ4n) is 6.89.